The molecule has 4 aromatic rings. The molecule has 7 nitrogen and oxygen atoms in total. The summed E-state index contributed by atoms with van der Waals surface area (Å²) in [7, 11) is 0. The number of anilines is 1. The first-order valence-electron chi connectivity index (χ1n) is 9.86. The van der Waals surface area contributed by atoms with Crippen molar-refractivity contribution in [2.45, 2.75) is 19.9 Å². The molecule has 0 saturated carbocycles. The third kappa shape index (κ3) is 4.72. The lowest BCUT2D eigenvalue weighted by Crippen LogP contribution is -2.31. The van der Waals surface area contributed by atoms with Crippen LogP contribution < -0.4 is 21.3 Å². The lowest BCUT2D eigenvalue weighted by atomic mass is 10.2. The van der Waals surface area contributed by atoms with Crippen LogP contribution in [0.5, 0.6) is 11.5 Å². The number of nitrogens with one attached hydrogen (secondary N) is 2. The number of carbonyl (C=O) groups is 1. The Labute approximate surface area is 177 Å². The summed E-state index contributed by atoms with van der Waals surface area (Å²) >= 11 is 0. The van der Waals surface area contributed by atoms with E-state index in [1.165, 1.54) is 4.57 Å². The molecule has 0 fully saturated rings. The van der Waals surface area contributed by atoms with Gasteiger partial charge in [0.1, 0.15) is 11.5 Å². The Bertz CT molecular complexity index is 1340. The first kappa shape index (κ1) is 20.2. The highest BCUT2D eigenvalue weighted by molar-refractivity contribution is 5.90. The molecule has 0 aliphatic heterocycles. The van der Waals surface area contributed by atoms with Crippen molar-refractivity contribution < 1.29 is 9.53 Å². The third-order valence-electron chi connectivity index (χ3n) is 4.86. The van der Waals surface area contributed by atoms with Gasteiger partial charge in [0.05, 0.1) is 10.9 Å². The fourth-order valence-corrected chi connectivity index (χ4v) is 3.25. The summed E-state index contributed by atoms with van der Waals surface area (Å²) in [6, 6.07) is 21.6. The zero-order chi connectivity index (χ0) is 21.8. The molecule has 0 atom stereocenters. The molecule has 7 heteroatoms. The van der Waals surface area contributed by atoms with E-state index in [0.717, 1.165) is 11.3 Å². The maximum absolute atomic E-state index is 12.4. The number of aryl methyl sites for hydroxylation is 2. The van der Waals surface area contributed by atoms with Gasteiger partial charge in [-0.2, -0.15) is 0 Å². The van der Waals surface area contributed by atoms with E-state index >= 15 is 0 Å². The summed E-state index contributed by atoms with van der Waals surface area (Å²) in [5.74, 6) is 1.16. The molecule has 0 radical (unpaired) electrons. The fraction of sp³-hybridized carbons (Fsp3) is 0.125. The second kappa shape index (κ2) is 8.71. The van der Waals surface area contributed by atoms with Crippen LogP contribution in [0, 0.1) is 6.92 Å². The van der Waals surface area contributed by atoms with Crippen molar-refractivity contribution in [1.82, 2.24) is 9.55 Å². The van der Waals surface area contributed by atoms with E-state index in [4.69, 9.17) is 4.74 Å². The summed E-state index contributed by atoms with van der Waals surface area (Å²) < 4.78 is 7.18. The first-order valence-corrected chi connectivity index (χ1v) is 9.86. The van der Waals surface area contributed by atoms with Crippen molar-refractivity contribution in [3.8, 4) is 11.5 Å². The average molecular weight is 415 g/mol. The van der Waals surface area contributed by atoms with Crippen LogP contribution in [0.15, 0.2) is 82.4 Å². The lowest BCUT2D eigenvalue weighted by Gasteiger charge is -2.10. The first-order chi connectivity index (χ1) is 15.0. The Morgan fingerprint density at radius 1 is 0.935 bits per heavy atom. The summed E-state index contributed by atoms with van der Waals surface area (Å²) in [5.41, 5.74) is 1.31. The van der Waals surface area contributed by atoms with E-state index in [2.05, 4.69) is 10.3 Å². The predicted octanol–water partition coefficient (Wildman–Crippen LogP) is 3.82. The Balaban J connectivity index is 1.39. The molecule has 0 aliphatic carbocycles. The van der Waals surface area contributed by atoms with Gasteiger partial charge in [-0.05, 0) is 55.5 Å². The summed E-state index contributed by atoms with van der Waals surface area (Å²) in [4.78, 5) is 38.8. The molecule has 4 rings (SSSR count). The van der Waals surface area contributed by atoms with Gasteiger partial charge < -0.3 is 10.1 Å². The number of rotatable bonds is 6. The van der Waals surface area contributed by atoms with Crippen molar-refractivity contribution in [1.29, 1.82) is 0 Å². The highest BCUT2D eigenvalue weighted by Gasteiger charge is 2.09. The summed E-state index contributed by atoms with van der Waals surface area (Å²) in [6.45, 7) is 2.16. The van der Waals surface area contributed by atoms with E-state index in [0.29, 0.717) is 22.3 Å². The normalized spacial score (nSPS) is 10.7. The molecule has 156 valence electrons. The third-order valence-corrected chi connectivity index (χ3v) is 4.86. The van der Waals surface area contributed by atoms with E-state index in [-0.39, 0.29) is 18.9 Å². The molecule has 1 aromatic heterocycles. The highest BCUT2D eigenvalue weighted by Crippen LogP contribution is 2.23. The molecular formula is C24H21N3O4. The lowest BCUT2D eigenvalue weighted by molar-refractivity contribution is -0.116. The van der Waals surface area contributed by atoms with Gasteiger partial charge in [-0.15, -0.1) is 0 Å². The van der Waals surface area contributed by atoms with Crippen LogP contribution in [0.25, 0.3) is 10.9 Å². The number of H-pyrrole nitrogens is 1. The second-order valence-corrected chi connectivity index (χ2v) is 7.17. The SMILES string of the molecule is Cc1ccc(Oc2ccc(NC(=O)CCn3c(=O)[nH]c(=O)c4ccccc43)cc2)cc1. The number of hydrogen-bond acceptors (Lipinski definition) is 4. The Morgan fingerprint density at radius 3 is 2.29 bits per heavy atom. The van der Waals surface area contributed by atoms with Crippen LogP contribution in [0.2, 0.25) is 0 Å². The summed E-state index contributed by atoms with van der Waals surface area (Å²) in [5, 5.41) is 3.22. The van der Waals surface area contributed by atoms with Gasteiger partial charge in [0.2, 0.25) is 5.91 Å². The van der Waals surface area contributed by atoms with Crippen molar-refractivity contribution in [2.75, 3.05) is 5.32 Å². The topological polar surface area (TPSA) is 93.2 Å². The van der Waals surface area contributed by atoms with Gasteiger partial charge in [-0.25, -0.2) is 4.79 Å². The minimum Gasteiger partial charge on any atom is -0.457 e. The quantitative estimate of drug-likeness (QED) is 0.501. The van der Waals surface area contributed by atoms with Crippen molar-refractivity contribution in [2.24, 2.45) is 0 Å². The van der Waals surface area contributed by atoms with Crippen LogP contribution in [0.4, 0.5) is 5.69 Å². The molecule has 0 unspecified atom stereocenters. The van der Waals surface area contributed by atoms with Crippen LogP contribution in [0.1, 0.15) is 12.0 Å². The van der Waals surface area contributed by atoms with Gasteiger partial charge in [-0.3, -0.25) is 19.1 Å². The molecule has 0 spiro atoms. The summed E-state index contributed by atoms with van der Waals surface area (Å²) in [6.07, 6.45) is 0.0809. The molecule has 2 N–H and O–H groups in total. The van der Waals surface area contributed by atoms with Gasteiger partial charge >= 0.3 is 5.69 Å². The number of aromatic amines is 1. The average Bonchev–Trinajstić information content (AvgIpc) is 2.76. The molecule has 0 saturated heterocycles. The maximum atomic E-state index is 12.4. The van der Waals surface area contributed by atoms with E-state index in [1.807, 2.05) is 31.2 Å². The van der Waals surface area contributed by atoms with Gasteiger partial charge in [-0.1, -0.05) is 29.8 Å². The minimum absolute atomic E-state index is 0.0809. The number of benzene rings is 3. The molecule has 1 heterocycles. The Morgan fingerprint density at radius 2 is 1.58 bits per heavy atom. The molecule has 3 aromatic carbocycles. The maximum Gasteiger partial charge on any atom is 0.328 e. The van der Waals surface area contributed by atoms with Crippen LogP contribution in [-0.4, -0.2) is 15.5 Å². The van der Waals surface area contributed by atoms with Crippen LogP contribution in [0.3, 0.4) is 0 Å². The zero-order valence-corrected chi connectivity index (χ0v) is 16.9. The van der Waals surface area contributed by atoms with Crippen molar-refractivity contribution >= 4 is 22.5 Å². The van der Waals surface area contributed by atoms with Gasteiger partial charge in [0, 0.05) is 18.7 Å². The van der Waals surface area contributed by atoms with Gasteiger partial charge in [0.25, 0.3) is 5.56 Å². The molecular weight excluding hydrogens is 394 g/mol. The number of nitrogens with zero attached hydrogens (tertiary/aromatic N) is 1. The van der Waals surface area contributed by atoms with Gasteiger partial charge in [0.15, 0.2) is 0 Å². The Kier molecular flexibility index (Phi) is 5.66. The smallest absolute Gasteiger partial charge is 0.328 e. The number of hydrogen-bond donors (Lipinski definition) is 2. The number of amides is 1. The zero-order valence-electron chi connectivity index (χ0n) is 16.9. The molecule has 0 aliphatic rings. The monoisotopic (exact) mass is 415 g/mol. The number of fused-ring (bicyclic) bond motifs is 1. The van der Waals surface area contributed by atoms with Crippen LogP contribution in [-0.2, 0) is 11.3 Å². The van der Waals surface area contributed by atoms with E-state index < -0.39 is 11.2 Å². The van der Waals surface area contributed by atoms with Crippen molar-refractivity contribution in [3.63, 3.8) is 0 Å². The van der Waals surface area contributed by atoms with Crippen LogP contribution >= 0.6 is 0 Å². The second-order valence-electron chi connectivity index (χ2n) is 7.17. The molecule has 31 heavy (non-hydrogen) atoms. The minimum atomic E-state index is -0.533. The number of carbonyl (C=O) groups excluding carboxylic acids is 1. The predicted molar refractivity (Wildman–Crippen MR) is 120 cm³/mol. The van der Waals surface area contributed by atoms with E-state index in [9.17, 15) is 14.4 Å². The number of aromatic nitrogens is 2. The fourth-order valence-electron chi connectivity index (χ4n) is 3.25. The Hall–Kier alpha value is -4.13. The molecule has 1 amide bonds. The standard InChI is InChI=1S/C24H21N3O4/c1-16-6-10-18(11-7-16)31-19-12-8-17(9-13-19)25-22(28)14-15-27-21-5-3-2-4-20(21)23(29)26-24(27)30/h2-13H,14-15H2,1H3,(H,25,28)(H,26,29,30). The highest BCUT2D eigenvalue weighted by atomic mass is 16.5. The largest absolute Gasteiger partial charge is 0.457 e. The molecule has 0 bridgehead atoms. The number of para-hydroxylation sites is 1. The van der Waals surface area contributed by atoms with E-state index in [1.54, 1.807) is 48.5 Å². The number of ether oxygens (including phenoxy) is 1. The van der Waals surface area contributed by atoms with Crippen molar-refractivity contribution in [3.05, 3.63) is 99.2 Å².